The minimum atomic E-state index is -0.726. The normalized spacial score (nSPS) is 23.0. The number of carbonyl (C=O) groups is 1. The predicted molar refractivity (Wildman–Crippen MR) is 106 cm³/mol. The van der Waals surface area contributed by atoms with Gasteiger partial charge in [0.15, 0.2) is 0 Å². The van der Waals surface area contributed by atoms with Crippen LogP contribution < -0.4 is 10.1 Å². The van der Waals surface area contributed by atoms with Gasteiger partial charge in [-0.05, 0) is 43.7 Å². The summed E-state index contributed by atoms with van der Waals surface area (Å²) in [6, 6.07) is 11.9. The molecule has 0 bridgehead atoms. The van der Waals surface area contributed by atoms with Crippen molar-refractivity contribution in [2.45, 2.75) is 51.6 Å². The molecule has 1 aliphatic rings. The number of methoxy groups -OCH3 is 1. The molecule has 4 nitrogen and oxygen atoms in total. The second kappa shape index (κ2) is 8.09. The van der Waals surface area contributed by atoms with Crippen LogP contribution in [0.15, 0.2) is 36.4 Å². The van der Waals surface area contributed by atoms with Crippen molar-refractivity contribution in [2.24, 2.45) is 5.92 Å². The molecule has 0 aromatic heterocycles. The SMILES string of the molecule is CCCOc1ccc(NC(=O)[C@]2(OC)CCC[C@H](C)C2)c2ccccc12. The van der Waals surface area contributed by atoms with Crippen molar-refractivity contribution in [1.29, 1.82) is 0 Å². The Balaban J connectivity index is 1.90. The van der Waals surface area contributed by atoms with Crippen molar-refractivity contribution in [3.8, 4) is 5.75 Å². The fraction of sp³-hybridized carbons (Fsp3) is 0.500. The number of fused-ring (bicyclic) bond motifs is 1. The molecular formula is C22H29NO3. The zero-order valence-corrected chi connectivity index (χ0v) is 16.0. The van der Waals surface area contributed by atoms with E-state index in [-0.39, 0.29) is 5.91 Å². The van der Waals surface area contributed by atoms with Crippen LogP contribution in [-0.2, 0) is 9.53 Å². The van der Waals surface area contributed by atoms with Gasteiger partial charge in [0.25, 0.3) is 5.91 Å². The maximum Gasteiger partial charge on any atom is 0.256 e. The van der Waals surface area contributed by atoms with Crippen LogP contribution in [0.5, 0.6) is 5.75 Å². The van der Waals surface area contributed by atoms with Crippen molar-refractivity contribution >= 4 is 22.4 Å². The van der Waals surface area contributed by atoms with Crippen LogP contribution in [-0.4, -0.2) is 25.2 Å². The standard InChI is InChI=1S/C22H29NO3/c1-4-14-26-20-12-11-19(17-9-5-6-10-18(17)20)23-21(24)22(25-3)13-7-8-16(2)15-22/h5-6,9-12,16H,4,7-8,13-15H2,1-3H3,(H,23,24)/t16-,22-/m0/s1. The molecule has 1 saturated carbocycles. The summed E-state index contributed by atoms with van der Waals surface area (Å²) >= 11 is 0. The van der Waals surface area contributed by atoms with E-state index < -0.39 is 5.60 Å². The molecule has 0 unspecified atom stereocenters. The van der Waals surface area contributed by atoms with Crippen LogP contribution in [0.1, 0.15) is 46.0 Å². The summed E-state index contributed by atoms with van der Waals surface area (Å²) < 4.78 is 11.6. The number of amides is 1. The summed E-state index contributed by atoms with van der Waals surface area (Å²) in [7, 11) is 1.65. The molecule has 26 heavy (non-hydrogen) atoms. The fourth-order valence-corrected chi connectivity index (χ4v) is 3.94. The monoisotopic (exact) mass is 355 g/mol. The summed E-state index contributed by atoms with van der Waals surface area (Å²) in [4.78, 5) is 13.1. The molecule has 0 heterocycles. The van der Waals surface area contributed by atoms with Crippen molar-refractivity contribution < 1.29 is 14.3 Å². The maximum absolute atomic E-state index is 13.1. The molecule has 0 radical (unpaired) electrons. The Hall–Kier alpha value is -2.07. The Kier molecular flexibility index (Phi) is 5.82. The molecule has 1 aliphatic carbocycles. The zero-order valence-electron chi connectivity index (χ0n) is 16.0. The molecule has 0 spiro atoms. The van der Waals surface area contributed by atoms with Crippen LogP contribution in [0.2, 0.25) is 0 Å². The summed E-state index contributed by atoms with van der Waals surface area (Å²) in [6.07, 6.45) is 4.68. The molecule has 1 fully saturated rings. The van der Waals surface area contributed by atoms with Gasteiger partial charge in [0.1, 0.15) is 11.4 Å². The highest BCUT2D eigenvalue weighted by molar-refractivity contribution is 6.06. The first-order chi connectivity index (χ1) is 12.6. The molecular weight excluding hydrogens is 326 g/mol. The van der Waals surface area contributed by atoms with E-state index in [4.69, 9.17) is 9.47 Å². The predicted octanol–water partition coefficient (Wildman–Crippen LogP) is 5.16. The number of hydrogen-bond acceptors (Lipinski definition) is 3. The van der Waals surface area contributed by atoms with Gasteiger partial charge in [-0.1, -0.05) is 44.5 Å². The molecule has 1 amide bonds. The van der Waals surface area contributed by atoms with Crippen LogP contribution in [0.25, 0.3) is 10.8 Å². The lowest BCUT2D eigenvalue weighted by atomic mass is 9.78. The molecule has 0 aliphatic heterocycles. The number of hydrogen-bond donors (Lipinski definition) is 1. The lowest BCUT2D eigenvalue weighted by Crippen LogP contribution is -2.47. The van der Waals surface area contributed by atoms with E-state index in [1.54, 1.807) is 7.11 Å². The Bertz CT molecular complexity index is 773. The number of carbonyl (C=O) groups excluding carboxylic acids is 1. The van der Waals surface area contributed by atoms with E-state index in [1.807, 2.05) is 36.4 Å². The van der Waals surface area contributed by atoms with Crippen LogP contribution in [0, 0.1) is 5.92 Å². The van der Waals surface area contributed by atoms with E-state index in [9.17, 15) is 4.79 Å². The Morgan fingerprint density at radius 3 is 2.69 bits per heavy atom. The van der Waals surface area contributed by atoms with E-state index in [0.717, 1.165) is 54.3 Å². The Morgan fingerprint density at radius 2 is 2.00 bits per heavy atom. The average molecular weight is 355 g/mol. The number of ether oxygens (including phenoxy) is 2. The molecule has 2 aromatic carbocycles. The smallest absolute Gasteiger partial charge is 0.256 e. The highest BCUT2D eigenvalue weighted by Crippen LogP contribution is 2.37. The second-order valence-electron chi connectivity index (χ2n) is 7.36. The van der Waals surface area contributed by atoms with Gasteiger partial charge in [-0.2, -0.15) is 0 Å². The molecule has 4 heteroatoms. The molecule has 140 valence electrons. The van der Waals surface area contributed by atoms with Crippen LogP contribution in [0.4, 0.5) is 5.69 Å². The number of benzene rings is 2. The fourth-order valence-electron chi connectivity index (χ4n) is 3.94. The van der Waals surface area contributed by atoms with E-state index >= 15 is 0 Å². The van der Waals surface area contributed by atoms with Gasteiger partial charge in [-0.25, -0.2) is 0 Å². The van der Waals surface area contributed by atoms with Gasteiger partial charge in [-0.3, -0.25) is 4.79 Å². The van der Waals surface area contributed by atoms with Crippen LogP contribution >= 0.6 is 0 Å². The highest BCUT2D eigenvalue weighted by atomic mass is 16.5. The first kappa shape index (κ1) is 18.7. The molecule has 1 N–H and O–H groups in total. The van der Waals surface area contributed by atoms with Gasteiger partial charge < -0.3 is 14.8 Å². The third-order valence-electron chi connectivity index (χ3n) is 5.35. The topological polar surface area (TPSA) is 47.6 Å². The van der Waals surface area contributed by atoms with Crippen molar-refractivity contribution in [1.82, 2.24) is 0 Å². The molecule has 2 atom stereocenters. The van der Waals surface area contributed by atoms with Gasteiger partial charge >= 0.3 is 0 Å². The third-order valence-corrected chi connectivity index (χ3v) is 5.35. The number of anilines is 1. The van der Waals surface area contributed by atoms with Gasteiger partial charge in [0.05, 0.1) is 6.61 Å². The molecule has 0 saturated heterocycles. The van der Waals surface area contributed by atoms with Crippen LogP contribution in [0.3, 0.4) is 0 Å². The highest BCUT2D eigenvalue weighted by Gasteiger charge is 2.42. The van der Waals surface area contributed by atoms with Gasteiger partial charge in [-0.15, -0.1) is 0 Å². The quantitative estimate of drug-likeness (QED) is 0.778. The average Bonchev–Trinajstić information content (AvgIpc) is 2.67. The Morgan fingerprint density at radius 1 is 1.23 bits per heavy atom. The lowest BCUT2D eigenvalue weighted by molar-refractivity contribution is -0.143. The third kappa shape index (κ3) is 3.70. The summed E-state index contributed by atoms with van der Waals surface area (Å²) in [6.45, 7) is 4.96. The summed E-state index contributed by atoms with van der Waals surface area (Å²) in [5, 5.41) is 5.14. The van der Waals surface area contributed by atoms with Gasteiger partial charge in [0.2, 0.25) is 0 Å². The largest absolute Gasteiger partial charge is 0.493 e. The van der Waals surface area contributed by atoms with E-state index in [1.165, 1.54) is 0 Å². The lowest BCUT2D eigenvalue weighted by Gasteiger charge is -2.37. The zero-order chi connectivity index (χ0) is 18.6. The second-order valence-corrected chi connectivity index (χ2v) is 7.36. The Labute approximate surface area is 155 Å². The maximum atomic E-state index is 13.1. The first-order valence-electron chi connectivity index (χ1n) is 9.61. The summed E-state index contributed by atoms with van der Waals surface area (Å²) in [5.74, 6) is 1.31. The van der Waals surface area contributed by atoms with E-state index in [2.05, 4.69) is 19.2 Å². The summed E-state index contributed by atoms with van der Waals surface area (Å²) in [5.41, 5.74) is 0.0833. The number of nitrogens with one attached hydrogen (secondary N) is 1. The van der Waals surface area contributed by atoms with Crippen molar-refractivity contribution in [2.75, 3.05) is 19.0 Å². The van der Waals surface area contributed by atoms with Crippen molar-refractivity contribution in [3.63, 3.8) is 0 Å². The molecule has 3 rings (SSSR count). The molecule has 2 aromatic rings. The van der Waals surface area contributed by atoms with E-state index in [0.29, 0.717) is 12.5 Å². The van der Waals surface area contributed by atoms with Gasteiger partial charge in [0, 0.05) is 23.6 Å². The van der Waals surface area contributed by atoms with Crippen molar-refractivity contribution in [3.05, 3.63) is 36.4 Å². The minimum absolute atomic E-state index is 0.0427. The first-order valence-corrected chi connectivity index (χ1v) is 9.61. The number of rotatable bonds is 6. The minimum Gasteiger partial charge on any atom is -0.493 e.